The summed E-state index contributed by atoms with van der Waals surface area (Å²) < 4.78 is 0. The number of rotatable bonds is 3. The second kappa shape index (κ2) is 3.39. The Morgan fingerprint density at radius 1 is 1.54 bits per heavy atom. The third kappa shape index (κ3) is 1.45. The van der Waals surface area contributed by atoms with Crippen molar-refractivity contribution in [3.8, 4) is 0 Å². The molecule has 3 heteroatoms. The minimum atomic E-state index is 0.571. The molecule has 0 aliphatic heterocycles. The van der Waals surface area contributed by atoms with Crippen molar-refractivity contribution in [1.82, 2.24) is 9.97 Å². The Morgan fingerprint density at radius 3 is 3.31 bits per heavy atom. The molecule has 0 fully saturated rings. The summed E-state index contributed by atoms with van der Waals surface area (Å²) in [6.45, 7) is 0. The van der Waals surface area contributed by atoms with Gasteiger partial charge < -0.3 is 9.78 Å². The summed E-state index contributed by atoms with van der Waals surface area (Å²) in [7, 11) is 0. The standard InChI is InChI=1S/C10H10N2O/c13-6-2-3-8-7-12-10-9(8)4-1-5-11-10/h1,4-7H,2-3H2,(H,11,12). The highest BCUT2D eigenvalue weighted by molar-refractivity contribution is 5.79. The topological polar surface area (TPSA) is 45.8 Å². The first-order chi connectivity index (χ1) is 6.42. The SMILES string of the molecule is O=CCCc1c[nH]c2ncccc12. The molecule has 0 spiro atoms. The number of aryl methyl sites for hydroxylation is 1. The van der Waals surface area contributed by atoms with Crippen molar-refractivity contribution in [2.75, 3.05) is 0 Å². The average Bonchev–Trinajstić information content (AvgIpc) is 2.58. The normalized spacial score (nSPS) is 10.5. The number of hydrogen-bond acceptors (Lipinski definition) is 2. The number of aromatic nitrogens is 2. The second-order valence-corrected chi connectivity index (χ2v) is 2.92. The molecule has 13 heavy (non-hydrogen) atoms. The van der Waals surface area contributed by atoms with Gasteiger partial charge in [0.25, 0.3) is 0 Å². The monoisotopic (exact) mass is 174 g/mol. The fourth-order valence-electron chi connectivity index (χ4n) is 1.43. The van der Waals surface area contributed by atoms with Gasteiger partial charge in [-0.15, -0.1) is 0 Å². The summed E-state index contributed by atoms with van der Waals surface area (Å²) in [6.07, 6.45) is 5.97. The Bertz CT molecular complexity index is 420. The molecule has 0 aliphatic carbocycles. The maximum Gasteiger partial charge on any atom is 0.137 e. The van der Waals surface area contributed by atoms with Crippen LogP contribution >= 0.6 is 0 Å². The molecule has 0 saturated heterocycles. The molecule has 0 atom stereocenters. The lowest BCUT2D eigenvalue weighted by Gasteiger charge is -1.92. The first kappa shape index (κ1) is 7.98. The lowest BCUT2D eigenvalue weighted by molar-refractivity contribution is -0.107. The largest absolute Gasteiger partial charge is 0.346 e. The Labute approximate surface area is 75.8 Å². The Kier molecular flexibility index (Phi) is 2.08. The molecule has 1 N–H and O–H groups in total. The zero-order chi connectivity index (χ0) is 9.10. The quantitative estimate of drug-likeness (QED) is 0.720. The Balaban J connectivity index is 2.40. The Morgan fingerprint density at radius 2 is 2.46 bits per heavy atom. The van der Waals surface area contributed by atoms with Gasteiger partial charge in [0, 0.05) is 24.2 Å². The van der Waals surface area contributed by atoms with Gasteiger partial charge in [-0.25, -0.2) is 4.98 Å². The Hall–Kier alpha value is -1.64. The minimum Gasteiger partial charge on any atom is -0.346 e. The van der Waals surface area contributed by atoms with Crippen LogP contribution in [0.4, 0.5) is 0 Å². The molecule has 2 heterocycles. The summed E-state index contributed by atoms with van der Waals surface area (Å²) in [5.74, 6) is 0. The van der Waals surface area contributed by atoms with E-state index < -0.39 is 0 Å². The predicted octanol–water partition coefficient (Wildman–Crippen LogP) is 1.69. The van der Waals surface area contributed by atoms with Gasteiger partial charge in [0.15, 0.2) is 0 Å². The summed E-state index contributed by atoms with van der Waals surface area (Å²) in [6, 6.07) is 3.92. The lowest BCUT2D eigenvalue weighted by Crippen LogP contribution is -1.83. The molecule has 0 bridgehead atoms. The van der Waals surface area contributed by atoms with Crippen molar-refractivity contribution < 1.29 is 4.79 Å². The number of nitrogens with one attached hydrogen (secondary N) is 1. The van der Waals surface area contributed by atoms with Crippen molar-refractivity contribution >= 4 is 17.3 Å². The molecule has 0 aromatic carbocycles. The van der Waals surface area contributed by atoms with Crippen molar-refractivity contribution in [1.29, 1.82) is 0 Å². The van der Waals surface area contributed by atoms with Gasteiger partial charge >= 0.3 is 0 Å². The summed E-state index contributed by atoms with van der Waals surface area (Å²) in [5, 5.41) is 1.12. The molecule has 0 amide bonds. The molecule has 66 valence electrons. The van der Waals surface area contributed by atoms with Gasteiger partial charge in [0.1, 0.15) is 11.9 Å². The van der Waals surface area contributed by atoms with Crippen LogP contribution in [0.2, 0.25) is 0 Å². The van der Waals surface area contributed by atoms with Crippen LogP contribution in [0.5, 0.6) is 0 Å². The van der Waals surface area contributed by atoms with E-state index in [4.69, 9.17) is 0 Å². The third-order valence-electron chi connectivity index (χ3n) is 2.07. The zero-order valence-corrected chi connectivity index (χ0v) is 7.16. The molecule has 0 aliphatic rings. The first-order valence-electron chi connectivity index (χ1n) is 4.26. The number of aromatic amines is 1. The van der Waals surface area contributed by atoms with Crippen LogP contribution in [0.25, 0.3) is 11.0 Å². The summed E-state index contributed by atoms with van der Waals surface area (Å²) in [5.41, 5.74) is 2.05. The smallest absolute Gasteiger partial charge is 0.137 e. The van der Waals surface area contributed by atoms with Gasteiger partial charge in [-0.1, -0.05) is 0 Å². The van der Waals surface area contributed by atoms with Crippen molar-refractivity contribution in [3.63, 3.8) is 0 Å². The average molecular weight is 174 g/mol. The van der Waals surface area contributed by atoms with E-state index in [0.717, 1.165) is 29.3 Å². The number of fused-ring (bicyclic) bond motifs is 1. The highest BCUT2D eigenvalue weighted by Crippen LogP contribution is 2.16. The van der Waals surface area contributed by atoms with Crippen molar-refractivity contribution in [2.24, 2.45) is 0 Å². The third-order valence-corrected chi connectivity index (χ3v) is 2.07. The zero-order valence-electron chi connectivity index (χ0n) is 7.16. The highest BCUT2D eigenvalue weighted by atomic mass is 16.1. The molecule has 0 radical (unpaired) electrons. The van der Waals surface area contributed by atoms with E-state index >= 15 is 0 Å². The van der Waals surface area contributed by atoms with Gasteiger partial charge in [-0.3, -0.25) is 0 Å². The van der Waals surface area contributed by atoms with Crippen LogP contribution < -0.4 is 0 Å². The van der Waals surface area contributed by atoms with Crippen LogP contribution in [0.15, 0.2) is 24.5 Å². The predicted molar refractivity (Wildman–Crippen MR) is 50.5 cm³/mol. The van der Waals surface area contributed by atoms with Gasteiger partial charge in [0.2, 0.25) is 0 Å². The van der Waals surface area contributed by atoms with E-state index in [1.54, 1.807) is 6.20 Å². The van der Waals surface area contributed by atoms with E-state index in [9.17, 15) is 4.79 Å². The molecular weight excluding hydrogens is 164 g/mol. The molecular formula is C10H10N2O. The number of pyridine rings is 1. The lowest BCUT2D eigenvalue weighted by atomic mass is 10.1. The van der Waals surface area contributed by atoms with Gasteiger partial charge in [-0.2, -0.15) is 0 Å². The van der Waals surface area contributed by atoms with Crippen LogP contribution in [0, 0.1) is 0 Å². The second-order valence-electron chi connectivity index (χ2n) is 2.92. The first-order valence-corrected chi connectivity index (χ1v) is 4.26. The minimum absolute atomic E-state index is 0.571. The molecule has 0 unspecified atom stereocenters. The molecule has 2 rings (SSSR count). The van der Waals surface area contributed by atoms with Crippen molar-refractivity contribution in [3.05, 3.63) is 30.1 Å². The maximum atomic E-state index is 10.2. The van der Waals surface area contributed by atoms with Crippen LogP contribution in [0.1, 0.15) is 12.0 Å². The van der Waals surface area contributed by atoms with Crippen LogP contribution in [-0.2, 0) is 11.2 Å². The number of nitrogens with zero attached hydrogens (tertiary/aromatic N) is 1. The van der Waals surface area contributed by atoms with Crippen LogP contribution in [0.3, 0.4) is 0 Å². The van der Waals surface area contributed by atoms with E-state index in [1.165, 1.54) is 0 Å². The van der Waals surface area contributed by atoms with E-state index in [1.807, 2.05) is 18.3 Å². The van der Waals surface area contributed by atoms with Crippen LogP contribution in [-0.4, -0.2) is 16.3 Å². The van der Waals surface area contributed by atoms with Gasteiger partial charge in [0.05, 0.1) is 0 Å². The maximum absolute atomic E-state index is 10.2. The molecule has 2 aromatic heterocycles. The number of carbonyl (C=O) groups is 1. The highest BCUT2D eigenvalue weighted by Gasteiger charge is 2.02. The van der Waals surface area contributed by atoms with E-state index in [2.05, 4.69) is 9.97 Å². The molecule has 0 saturated carbocycles. The van der Waals surface area contributed by atoms with Gasteiger partial charge in [-0.05, 0) is 24.1 Å². The number of H-pyrrole nitrogens is 1. The van der Waals surface area contributed by atoms with E-state index in [0.29, 0.717) is 6.42 Å². The molecule has 3 nitrogen and oxygen atoms in total. The molecule has 2 aromatic rings. The fourth-order valence-corrected chi connectivity index (χ4v) is 1.43. The number of carbonyl (C=O) groups excluding carboxylic acids is 1. The summed E-state index contributed by atoms with van der Waals surface area (Å²) in [4.78, 5) is 17.4. The summed E-state index contributed by atoms with van der Waals surface area (Å²) >= 11 is 0. The fraction of sp³-hybridized carbons (Fsp3) is 0.200. The van der Waals surface area contributed by atoms with E-state index in [-0.39, 0.29) is 0 Å². The number of hydrogen-bond donors (Lipinski definition) is 1. The van der Waals surface area contributed by atoms with Crippen molar-refractivity contribution in [2.45, 2.75) is 12.8 Å². The number of aldehydes is 1.